The van der Waals surface area contributed by atoms with Gasteiger partial charge in [-0.3, -0.25) is 0 Å². The van der Waals surface area contributed by atoms with E-state index in [0.29, 0.717) is 0 Å². The number of rotatable bonds is 4. The van der Waals surface area contributed by atoms with Crippen molar-refractivity contribution in [3.63, 3.8) is 0 Å². The minimum absolute atomic E-state index is 0. The second kappa shape index (κ2) is 29.5. The summed E-state index contributed by atoms with van der Waals surface area (Å²) >= 11 is 0. The monoisotopic (exact) mass is 716 g/mol. The van der Waals surface area contributed by atoms with Crippen LogP contribution in [0.4, 0.5) is 0 Å². The molecule has 0 saturated heterocycles. The average molecular weight is 718 g/mol. The summed E-state index contributed by atoms with van der Waals surface area (Å²) in [7, 11) is 0. The van der Waals surface area contributed by atoms with Crippen molar-refractivity contribution in [3.8, 4) is 23.0 Å². The third-order valence-electron chi connectivity index (χ3n) is 5.58. The van der Waals surface area contributed by atoms with Gasteiger partial charge in [-0.05, 0) is 27.7 Å². The predicted octanol–water partition coefficient (Wildman–Crippen LogP) is 14.6. The molecule has 4 aromatic carbocycles. The van der Waals surface area contributed by atoms with Crippen LogP contribution in [0, 0.1) is 70.2 Å². The molecule has 0 unspecified atom stereocenters. The molecule has 0 spiro atoms. The molecule has 0 saturated carbocycles. The number of aryl methyl sites for hydroxylation is 4. The molecule has 0 amide bonds. The van der Waals surface area contributed by atoms with E-state index in [1.165, 1.54) is 0 Å². The van der Waals surface area contributed by atoms with Gasteiger partial charge in [-0.25, -0.2) is 0 Å². The van der Waals surface area contributed by atoms with E-state index in [1.54, 1.807) is 0 Å². The van der Waals surface area contributed by atoms with Gasteiger partial charge in [0.1, 0.15) is 0 Å². The molecule has 2 radical (unpaired) electrons. The molecule has 0 atom stereocenters. The van der Waals surface area contributed by atoms with Crippen molar-refractivity contribution in [1.29, 1.82) is 0 Å². The van der Waals surface area contributed by atoms with Gasteiger partial charge in [0.25, 0.3) is 0 Å². The van der Waals surface area contributed by atoms with Crippen molar-refractivity contribution in [2.24, 2.45) is 0 Å². The Bertz CT molecular complexity index is 1030. The van der Waals surface area contributed by atoms with Gasteiger partial charge < -0.3 is 48.9 Å². The van der Waals surface area contributed by atoms with Crippen LogP contribution in [-0.4, -0.2) is 0 Å². The Morgan fingerprint density at radius 2 is 0.533 bits per heavy atom. The van der Waals surface area contributed by atoms with Gasteiger partial charge in [-0.1, -0.05) is 68.8 Å². The van der Waals surface area contributed by atoms with E-state index in [0.717, 1.165) is 67.5 Å². The van der Waals surface area contributed by atoms with Crippen LogP contribution < -0.4 is 9.47 Å². The Kier molecular flexibility index (Phi) is 42.5. The standard InChI is InChI=1S/2C16H16O.3CH4.2CH3.2Cu.4H2N/c2*1-11-7-5-8-12(2)15(11)17-16-13(3)9-6-10-14(16)4;;;;;;;;;;;/h2*5-10H,1,3H2,2,4H3;3*1H4;2*1H3;;;4*1H2/q2*-2;;;;2*-1;;;4*-1. The van der Waals surface area contributed by atoms with Crippen LogP contribution in [0.5, 0.6) is 23.0 Å². The number of hydrogen-bond donors (Lipinski definition) is 0. The Labute approximate surface area is 299 Å². The van der Waals surface area contributed by atoms with E-state index in [1.807, 2.05) is 100 Å². The van der Waals surface area contributed by atoms with Gasteiger partial charge in [-0.2, -0.15) is 74.2 Å². The van der Waals surface area contributed by atoms with E-state index in [2.05, 4.69) is 27.7 Å². The summed E-state index contributed by atoms with van der Waals surface area (Å²) in [5, 5.41) is 0. The smallest absolute Gasteiger partial charge is 0.00806 e. The maximum atomic E-state index is 5.98. The topological polar surface area (TPSA) is 152 Å². The van der Waals surface area contributed by atoms with Crippen molar-refractivity contribution in [3.05, 3.63) is 184 Å². The third-order valence-corrected chi connectivity index (χ3v) is 5.58. The quantitative estimate of drug-likeness (QED) is 0.152. The Hall–Kier alpha value is -3.16. The van der Waals surface area contributed by atoms with Crippen LogP contribution in [-0.2, 0) is 34.1 Å². The van der Waals surface area contributed by atoms with Crippen molar-refractivity contribution >= 4 is 0 Å². The van der Waals surface area contributed by atoms with Crippen LogP contribution in [0.1, 0.15) is 66.8 Å². The fraction of sp³-hybridized carbons (Fsp3) is 0.189. The van der Waals surface area contributed by atoms with Crippen molar-refractivity contribution in [2.75, 3.05) is 0 Å². The maximum absolute atomic E-state index is 5.98. The molecule has 6 nitrogen and oxygen atoms in total. The first-order valence-electron chi connectivity index (χ1n) is 11.2. The maximum Gasteiger partial charge on any atom is 0.00806 e. The summed E-state index contributed by atoms with van der Waals surface area (Å²) in [5.74, 6) is 3.30. The van der Waals surface area contributed by atoms with Crippen molar-refractivity contribution in [2.45, 2.75) is 50.0 Å². The van der Waals surface area contributed by atoms with E-state index in [4.69, 9.17) is 9.47 Å². The molecule has 4 rings (SSSR count). The predicted molar refractivity (Wildman–Crippen MR) is 197 cm³/mol. The first-order chi connectivity index (χ1) is 16.2. The van der Waals surface area contributed by atoms with Gasteiger partial charge >= 0.3 is 0 Å². The van der Waals surface area contributed by atoms with Crippen LogP contribution in [0.2, 0.25) is 0 Å². The summed E-state index contributed by atoms with van der Waals surface area (Å²) in [4.78, 5) is 0. The molecule has 45 heavy (non-hydrogen) atoms. The minimum atomic E-state index is 0. The second-order valence-electron chi connectivity index (χ2n) is 8.46. The molecule has 4 aromatic rings. The molecule has 0 bridgehead atoms. The Balaban J connectivity index is -0.0000000661. The van der Waals surface area contributed by atoms with Crippen LogP contribution in [0.15, 0.2) is 72.8 Å². The number of ether oxygens (including phenoxy) is 2. The normalized spacial score (nSPS) is 7.73. The molecule has 0 aromatic heterocycles. The molecule has 0 aliphatic heterocycles. The SMILES string of the molecule is C.C.C.[CH2-]c1cccc(C)c1Oc1c([CH2-])cccc1C.[CH2-]c1cccc(C)c1Oc1c([CH2-])cccc1C.[CH3-].[CH3-].[Cu].[Cu].[NH2-].[NH2-].[NH2-].[NH2-]. The zero-order valence-electron chi connectivity index (χ0n) is 25.5. The minimum Gasteiger partial charge on any atom is -0.693 e. The van der Waals surface area contributed by atoms with E-state index < -0.39 is 0 Å². The fourth-order valence-corrected chi connectivity index (χ4v) is 3.64. The zero-order chi connectivity index (χ0) is 24.8. The average Bonchev–Trinajstić information content (AvgIpc) is 2.77. The number of hydrogen-bond acceptors (Lipinski definition) is 2. The van der Waals surface area contributed by atoms with E-state index in [-0.39, 0.29) is 95.9 Å². The molecule has 0 aliphatic rings. The third kappa shape index (κ3) is 16.6. The van der Waals surface area contributed by atoms with Gasteiger partial charge in [0.15, 0.2) is 0 Å². The van der Waals surface area contributed by atoms with Crippen molar-refractivity contribution in [1.82, 2.24) is 0 Å². The number of para-hydroxylation sites is 4. The molecule has 0 heterocycles. The summed E-state index contributed by atoms with van der Waals surface area (Å²) in [6.45, 7) is 24.0. The molecule has 270 valence electrons. The van der Waals surface area contributed by atoms with Crippen LogP contribution in [0.3, 0.4) is 0 Å². The number of nitrogens with two attached hydrogens (primary N) is 4. The Morgan fingerprint density at radius 1 is 0.378 bits per heavy atom. The second-order valence-corrected chi connectivity index (χ2v) is 8.46. The first kappa shape index (κ1) is 64.7. The molecular formula is C37H58Cu2N4O2-10. The van der Waals surface area contributed by atoms with Gasteiger partial charge in [-0.15, -0.1) is 24.3 Å². The van der Waals surface area contributed by atoms with Crippen molar-refractivity contribution < 1.29 is 43.6 Å². The fourth-order valence-electron chi connectivity index (χ4n) is 3.64. The molecule has 0 fully saturated rings. The number of benzene rings is 4. The summed E-state index contributed by atoms with van der Waals surface area (Å²) in [6.07, 6.45) is 0. The van der Waals surface area contributed by atoms with Gasteiger partial charge in [0.05, 0.1) is 0 Å². The molecular weight excluding hydrogens is 660 g/mol. The molecule has 0 aliphatic carbocycles. The van der Waals surface area contributed by atoms with Gasteiger partial charge in [0.2, 0.25) is 0 Å². The summed E-state index contributed by atoms with van der Waals surface area (Å²) < 4.78 is 12.0. The molecule has 8 N–H and O–H groups in total. The first-order valence-corrected chi connectivity index (χ1v) is 11.2. The Morgan fingerprint density at radius 3 is 0.667 bits per heavy atom. The molecule has 8 heteroatoms. The van der Waals surface area contributed by atoms with Gasteiger partial charge in [0, 0.05) is 57.1 Å². The van der Waals surface area contributed by atoms with E-state index >= 15 is 0 Å². The van der Waals surface area contributed by atoms with E-state index in [9.17, 15) is 0 Å². The largest absolute Gasteiger partial charge is 0.693 e. The van der Waals surface area contributed by atoms with Crippen LogP contribution >= 0.6 is 0 Å². The summed E-state index contributed by atoms with van der Waals surface area (Å²) in [5.41, 5.74) is 7.92. The van der Waals surface area contributed by atoms with Crippen LogP contribution in [0.25, 0.3) is 24.6 Å². The summed E-state index contributed by atoms with van der Waals surface area (Å²) in [6, 6.07) is 23.8. The zero-order valence-corrected chi connectivity index (χ0v) is 27.4.